The van der Waals surface area contributed by atoms with Crippen molar-refractivity contribution >= 4 is 11.6 Å². The third-order valence-electron chi connectivity index (χ3n) is 3.64. The van der Waals surface area contributed by atoms with Crippen LogP contribution in [0.4, 0.5) is 0 Å². The van der Waals surface area contributed by atoms with E-state index in [2.05, 4.69) is 18.3 Å². The Bertz CT molecular complexity index is 369. The van der Waals surface area contributed by atoms with Crippen LogP contribution in [0.15, 0.2) is 24.3 Å². The summed E-state index contributed by atoms with van der Waals surface area (Å²) in [7, 11) is 2.00. The second-order valence-electron chi connectivity index (χ2n) is 4.56. The van der Waals surface area contributed by atoms with Gasteiger partial charge in [-0.3, -0.25) is 0 Å². The van der Waals surface area contributed by atoms with Gasteiger partial charge in [-0.1, -0.05) is 36.7 Å². The van der Waals surface area contributed by atoms with E-state index in [0.717, 1.165) is 24.5 Å². The van der Waals surface area contributed by atoms with Crippen molar-refractivity contribution in [3.05, 3.63) is 34.9 Å². The summed E-state index contributed by atoms with van der Waals surface area (Å²) in [6, 6.07) is 8.37. The number of rotatable bonds is 4. The molecule has 0 aliphatic carbocycles. The van der Waals surface area contributed by atoms with Gasteiger partial charge in [0.1, 0.15) is 0 Å². The van der Waals surface area contributed by atoms with E-state index in [1.165, 1.54) is 5.56 Å². The number of benzene rings is 1. The Balaban J connectivity index is 2.24. The first-order valence-electron chi connectivity index (χ1n) is 6.31. The maximum Gasteiger partial charge on any atom is 0.0619 e. The first-order chi connectivity index (χ1) is 8.27. The Labute approximate surface area is 108 Å². The van der Waals surface area contributed by atoms with Gasteiger partial charge in [0.25, 0.3) is 0 Å². The summed E-state index contributed by atoms with van der Waals surface area (Å²) >= 11 is 6.29. The summed E-state index contributed by atoms with van der Waals surface area (Å²) < 4.78 is 5.78. The molecule has 2 nitrogen and oxygen atoms in total. The Morgan fingerprint density at radius 2 is 2.24 bits per heavy atom. The topological polar surface area (TPSA) is 21.3 Å². The van der Waals surface area contributed by atoms with E-state index in [4.69, 9.17) is 16.3 Å². The van der Waals surface area contributed by atoms with E-state index in [1.54, 1.807) is 0 Å². The highest BCUT2D eigenvalue weighted by Gasteiger charge is 2.34. The van der Waals surface area contributed by atoms with E-state index in [1.807, 2.05) is 25.2 Å². The van der Waals surface area contributed by atoms with Crippen LogP contribution >= 0.6 is 11.6 Å². The van der Waals surface area contributed by atoms with Gasteiger partial charge in [-0.15, -0.1) is 0 Å². The Morgan fingerprint density at radius 1 is 1.47 bits per heavy atom. The van der Waals surface area contributed by atoms with E-state index in [0.29, 0.717) is 12.0 Å². The second kappa shape index (κ2) is 5.85. The molecule has 0 spiro atoms. The predicted octanol–water partition coefficient (Wildman–Crippen LogP) is 3.42. The first-order valence-corrected chi connectivity index (χ1v) is 6.69. The van der Waals surface area contributed by atoms with Crippen LogP contribution in [0.5, 0.6) is 0 Å². The quantitative estimate of drug-likeness (QED) is 0.888. The summed E-state index contributed by atoms with van der Waals surface area (Å²) in [5, 5.41) is 4.24. The van der Waals surface area contributed by atoms with E-state index in [-0.39, 0.29) is 6.04 Å². The highest BCUT2D eigenvalue weighted by atomic mass is 35.5. The summed E-state index contributed by atoms with van der Waals surface area (Å²) in [6.45, 7) is 3.05. The number of hydrogen-bond acceptors (Lipinski definition) is 2. The lowest BCUT2D eigenvalue weighted by Crippen LogP contribution is -2.30. The fourth-order valence-electron chi connectivity index (χ4n) is 2.79. The van der Waals surface area contributed by atoms with Gasteiger partial charge < -0.3 is 10.1 Å². The van der Waals surface area contributed by atoms with E-state index in [9.17, 15) is 0 Å². The van der Waals surface area contributed by atoms with Crippen molar-refractivity contribution in [1.29, 1.82) is 0 Å². The lowest BCUT2D eigenvalue weighted by atomic mass is 9.87. The van der Waals surface area contributed by atoms with Crippen LogP contribution in [-0.4, -0.2) is 19.8 Å². The molecule has 3 unspecified atom stereocenters. The van der Waals surface area contributed by atoms with Crippen molar-refractivity contribution in [1.82, 2.24) is 5.32 Å². The molecule has 0 saturated carbocycles. The van der Waals surface area contributed by atoms with Crippen LogP contribution in [0.25, 0.3) is 0 Å². The molecule has 1 heterocycles. The second-order valence-corrected chi connectivity index (χ2v) is 4.97. The van der Waals surface area contributed by atoms with Crippen LogP contribution < -0.4 is 5.32 Å². The molecule has 1 N–H and O–H groups in total. The Hall–Kier alpha value is -0.570. The van der Waals surface area contributed by atoms with Crippen LogP contribution in [0.1, 0.15) is 31.4 Å². The lowest BCUT2D eigenvalue weighted by Gasteiger charge is -2.27. The SMILES string of the molecule is CCC1OCCC1C(NC)c1ccccc1Cl. The van der Waals surface area contributed by atoms with Crippen LogP contribution in [-0.2, 0) is 4.74 Å². The minimum atomic E-state index is 0.288. The van der Waals surface area contributed by atoms with Gasteiger partial charge in [-0.05, 0) is 31.5 Å². The predicted molar refractivity (Wildman–Crippen MR) is 71.4 cm³/mol. The summed E-state index contributed by atoms with van der Waals surface area (Å²) in [4.78, 5) is 0. The molecule has 2 rings (SSSR count). The Kier molecular flexibility index (Phi) is 4.43. The van der Waals surface area contributed by atoms with Crippen molar-refractivity contribution in [3.63, 3.8) is 0 Å². The third-order valence-corrected chi connectivity index (χ3v) is 3.99. The molecule has 1 aromatic carbocycles. The zero-order valence-corrected chi connectivity index (χ0v) is 11.2. The van der Waals surface area contributed by atoms with Gasteiger partial charge in [0, 0.05) is 23.6 Å². The lowest BCUT2D eigenvalue weighted by molar-refractivity contribution is 0.0782. The van der Waals surface area contributed by atoms with Gasteiger partial charge >= 0.3 is 0 Å². The standard InChI is InChI=1S/C14H20ClNO/c1-3-13-11(8-9-17-13)14(16-2)10-6-4-5-7-12(10)15/h4-7,11,13-14,16H,3,8-9H2,1-2H3. The van der Waals surface area contributed by atoms with E-state index >= 15 is 0 Å². The monoisotopic (exact) mass is 253 g/mol. The number of ether oxygens (including phenoxy) is 1. The summed E-state index contributed by atoms with van der Waals surface area (Å²) in [5.41, 5.74) is 1.19. The molecule has 3 atom stereocenters. The number of halogens is 1. The average molecular weight is 254 g/mol. The van der Waals surface area contributed by atoms with Crippen molar-refractivity contribution in [2.24, 2.45) is 5.92 Å². The highest BCUT2D eigenvalue weighted by molar-refractivity contribution is 6.31. The fraction of sp³-hybridized carbons (Fsp3) is 0.571. The minimum Gasteiger partial charge on any atom is -0.378 e. The minimum absolute atomic E-state index is 0.288. The number of hydrogen-bond donors (Lipinski definition) is 1. The molecule has 17 heavy (non-hydrogen) atoms. The van der Waals surface area contributed by atoms with Crippen LogP contribution in [0.2, 0.25) is 5.02 Å². The van der Waals surface area contributed by atoms with Gasteiger partial charge in [-0.25, -0.2) is 0 Å². The number of nitrogens with one attached hydrogen (secondary N) is 1. The molecule has 94 valence electrons. The van der Waals surface area contributed by atoms with Crippen molar-refractivity contribution in [2.45, 2.75) is 31.9 Å². The first kappa shape index (κ1) is 12.9. The van der Waals surface area contributed by atoms with Gasteiger partial charge in [0.05, 0.1) is 6.10 Å². The molecule has 0 bridgehead atoms. The van der Waals surface area contributed by atoms with Gasteiger partial charge in [0.15, 0.2) is 0 Å². The molecule has 1 aliphatic rings. The maximum atomic E-state index is 6.29. The van der Waals surface area contributed by atoms with Crippen LogP contribution in [0, 0.1) is 5.92 Å². The summed E-state index contributed by atoms with van der Waals surface area (Å²) in [5.74, 6) is 0.518. The molecule has 0 amide bonds. The zero-order valence-electron chi connectivity index (χ0n) is 10.4. The third kappa shape index (κ3) is 2.65. The zero-order chi connectivity index (χ0) is 12.3. The molecular weight excluding hydrogens is 234 g/mol. The van der Waals surface area contributed by atoms with Crippen molar-refractivity contribution < 1.29 is 4.74 Å². The molecule has 1 aromatic rings. The average Bonchev–Trinajstić information content (AvgIpc) is 2.81. The molecule has 1 saturated heterocycles. The van der Waals surface area contributed by atoms with Gasteiger partial charge in [-0.2, -0.15) is 0 Å². The molecule has 1 fully saturated rings. The van der Waals surface area contributed by atoms with E-state index < -0.39 is 0 Å². The molecule has 3 heteroatoms. The molecule has 1 aliphatic heterocycles. The van der Waals surface area contributed by atoms with Crippen molar-refractivity contribution in [3.8, 4) is 0 Å². The molecular formula is C14H20ClNO. The fourth-order valence-corrected chi connectivity index (χ4v) is 3.05. The normalized spacial score (nSPS) is 26.1. The largest absolute Gasteiger partial charge is 0.378 e. The highest BCUT2D eigenvalue weighted by Crippen LogP contribution is 2.37. The summed E-state index contributed by atoms with van der Waals surface area (Å²) in [6.07, 6.45) is 2.52. The molecule has 0 radical (unpaired) electrons. The van der Waals surface area contributed by atoms with Crippen LogP contribution in [0.3, 0.4) is 0 Å². The Morgan fingerprint density at radius 3 is 2.88 bits per heavy atom. The van der Waals surface area contributed by atoms with Gasteiger partial charge in [0.2, 0.25) is 0 Å². The van der Waals surface area contributed by atoms with Crippen molar-refractivity contribution in [2.75, 3.05) is 13.7 Å². The maximum absolute atomic E-state index is 6.29. The molecule has 0 aromatic heterocycles. The smallest absolute Gasteiger partial charge is 0.0619 e.